The summed E-state index contributed by atoms with van der Waals surface area (Å²) in [5, 5.41) is 4.47. The molecule has 3 heteroatoms. The highest BCUT2D eigenvalue weighted by molar-refractivity contribution is 7.99. The molecule has 1 aromatic rings. The van der Waals surface area contributed by atoms with E-state index in [0.717, 1.165) is 17.4 Å². The van der Waals surface area contributed by atoms with E-state index in [1.807, 2.05) is 6.07 Å². The quantitative estimate of drug-likeness (QED) is 0.874. The van der Waals surface area contributed by atoms with E-state index in [-0.39, 0.29) is 0 Å². The van der Waals surface area contributed by atoms with Crippen LogP contribution < -0.4 is 5.32 Å². The summed E-state index contributed by atoms with van der Waals surface area (Å²) in [6, 6.07) is 5.18. The number of rotatable bonds is 4. The van der Waals surface area contributed by atoms with Gasteiger partial charge in [-0.2, -0.15) is 11.8 Å². The Kier molecular flexibility index (Phi) is 4.36. The minimum absolute atomic E-state index is 0.497. The van der Waals surface area contributed by atoms with Crippen molar-refractivity contribution >= 4 is 11.8 Å². The van der Waals surface area contributed by atoms with Gasteiger partial charge in [-0.15, -0.1) is 0 Å². The summed E-state index contributed by atoms with van der Waals surface area (Å²) in [4.78, 5) is 0. The lowest BCUT2D eigenvalue weighted by atomic mass is 10.1. The predicted molar refractivity (Wildman–Crippen MR) is 70.0 cm³/mol. The summed E-state index contributed by atoms with van der Waals surface area (Å²) in [5.74, 6) is 2.41. The molecule has 0 bridgehead atoms. The van der Waals surface area contributed by atoms with Gasteiger partial charge in [0.2, 0.25) is 0 Å². The van der Waals surface area contributed by atoms with Gasteiger partial charge in [-0.3, -0.25) is 0 Å². The average Bonchev–Trinajstić information content (AvgIpc) is 2.74. The van der Waals surface area contributed by atoms with Crippen molar-refractivity contribution in [2.24, 2.45) is 0 Å². The number of furan rings is 1. The molecule has 3 atom stereocenters. The summed E-state index contributed by atoms with van der Waals surface area (Å²) >= 11 is 2.09. The molecule has 0 spiro atoms. The van der Waals surface area contributed by atoms with Crippen molar-refractivity contribution in [1.82, 2.24) is 5.32 Å². The van der Waals surface area contributed by atoms with Crippen LogP contribution in [0.15, 0.2) is 22.8 Å². The van der Waals surface area contributed by atoms with Gasteiger partial charge in [-0.05, 0) is 37.7 Å². The molecule has 2 heterocycles. The van der Waals surface area contributed by atoms with Crippen molar-refractivity contribution in [2.75, 3.05) is 5.75 Å². The molecule has 16 heavy (non-hydrogen) atoms. The van der Waals surface area contributed by atoms with Crippen LogP contribution in [0.5, 0.6) is 0 Å². The van der Waals surface area contributed by atoms with E-state index in [1.54, 1.807) is 6.26 Å². The van der Waals surface area contributed by atoms with Crippen LogP contribution in [0.2, 0.25) is 0 Å². The lowest BCUT2D eigenvalue weighted by Gasteiger charge is -2.31. The second-order valence-corrected chi connectivity index (χ2v) is 6.16. The molecule has 1 saturated heterocycles. The highest BCUT2D eigenvalue weighted by Gasteiger charge is 2.23. The lowest BCUT2D eigenvalue weighted by Crippen LogP contribution is -2.44. The first-order valence-electron chi connectivity index (χ1n) is 6.15. The van der Waals surface area contributed by atoms with Crippen LogP contribution in [-0.2, 0) is 6.42 Å². The first-order chi connectivity index (χ1) is 7.75. The number of nitrogens with one attached hydrogen (secondary N) is 1. The Balaban J connectivity index is 1.79. The Hall–Kier alpha value is -0.410. The summed E-state index contributed by atoms with van der Waals surface area (Å²) in [7, 11) is 0. The summed E-state index contributed by atoms with van der Waals surface area (Å²) in [6.45, 7) is 4.58. The van der Waals surface area contributed by atoms with Crippen LogP contribution in [0.25, 0.3) is 0 Å². The molecule has 1 aliphatic heterocycles. The van der Waals surface area contributed by atoms with Gasteiger partial charge < -0.3 is 9.73 Å². The maximum Gasteiger partial charge on any atom is 0.105 e. The second kappa shape index (κ2) is 5.78. The standard InChI is InChI=1S/C13H21NOS/c1-10(9-12-5-3-7-15-12)14-13-6-4-8-16-11(13)2/h3,5,7,10-11,13-14H,4,6,8-9H2,1-2H3. The van der Waals surface area contributed by atoms with Crippen molar-refractivity contribution in [3.05, 3.63) is 24.2 Å². The molecule has 1 fully saturated rings. The molecular weight excluding hydrogens is 218 g/mol. The fraction of sp³-hybridized carbons (Fsp3) is 0.692. The van der Waals surface area contributed by atoms with Crippen LogP contribution in [0.3, 0.4) is 0 Å². The third kappa shape index (κ3) is 3.29. The molecule has 3 unspecified atom stereocenters. The minimum atomic E-state index is 0.497. The zero-order chi connectivity index (χ0) is 11.4. The molecule has 0 saturated carbocycles. The van der Waals surface area contributed by atoms with E-state index in [9.17, 15) is 0 Å². The van der Waals surface area contributed by atoms with Gasteiger partial charge in [0.15, 0.2) is 0 Å². The molecule has 0 aromatic carbocycles. The minimum Gasteiger partial charge on any atom is -0.469 e. The highest BCUT2D eigenvalue weighted by Crippen LogP contribution is 2.25. The van der Waals surface area contributed by atoms with E-state index >= 15 is 0 Å². The highest BCUT2D eigenvalue weighted by atomic mass is 32.2. The van der Waals surface area contributed by atoms with Crippen molar-refractivity contribution < 1.29 is 4.42 Å². The Morgan fingerprint density at radius 2 is 2.50 bits per heavy atom. The number of thioether (sulfide) groups is 1. The Labute approximate surface area is 102 Å². The van der Waals surface area contributed by atoms with Crippen LogP contribution in [0.4, 0.5) is 0 Å². The molecule has 0 amide bonds. The fourth-order valence-electron chi connectivity index (χ4n) is 2.30. The predicted octanol–water partition coefficient (Wildman–Crippen LogP) is 3.08. The molecule has 1 aromatic heterocycles. The Morgan fingerprint density at radius 1 is 1.62 bits per heavy atom. The fourth-order valence-corrected chi connectivity index (χ4v) is 3.45. The van der Waals surface area contributed by atoms with Gasteiger partial charge in [0, 0.05) is 23.8 Å². The van der Waals surface area contributed by atoms with Crippen LogP contribution in [-0.4, -0.2) is 23.1 Å². The Bertz CT molecular complexity index is 299. The maximum atomic E-state index is 5.37. The van der Waals surface area contributed by atoms with Gasteiger partial charge in [0.05, 0.1) is 6.26 Å². The van der Waals surface area contributed by atoms with Crippen LogP contribution in [0.1, 0.15) is 32.4 Å². The lowest BCUT2D eigenvalue weighted by molar-refractivity contribution is 0.388. The van der Waals surface area contributed by atoms with Gasteiger partial charge in [-0.25, -0.2) is 0 Å². The first-order valence-corrected chi connectivity index (χ1v) is 7.20. The van der Waals surface area contributed by atoms with E-state index in [0.29, 0.717) is 12.1 Å². The zero-order valence-corrected chi connectivity index (χ0v) is 10.9. The summed E-state index contributed by atoms with van der Waals surface area (Å²) < 4.78 is 5.37. The van der Waals surface area contributed by atoms with E-state index in [4.69, 9.17) is 4.42 Å². The molecule has 1 aliphatic rings. The van der Waals surface area contributed by atoms with Crippen molar-refractivity contribution in [2.45, 2.75) is 50.4 Å². The Morgan fingerprint density at radius 3 is 3.19 bits per heavy atom. The monoisotopic (exact) mass is 239 g/mol. The SMILES string of the molecule is CC(Cc1ccco1)NC1CCCSC1C. The van der Waals surface area contributed by atoms with Crippen LogP contribution >= 0.6 is 11.8 Å². The van der Waals surface area contributed by atoms with Gasteiger partial charge in [0.1, 0.15) is 5.76 Å². The average molecular weight is 239 g/mol. The maximum absolute atomic E-state index is 5.37. The molecule has 2 nitrogen and oxygen atoms in total. The van der Waals surface area contributed by atoms with Gasteiger partial charge in [-0.1, -0.05) is 6.92 Å². The van der Waals surface area contributed by atoms with Crippen molar-refractivity contribution in [1.29, 1.82) is 0 Å². The van der Waals surface area contributed by atoms with Crippen molar-refractivity contribution in [3.63, 3.8) is 0 Å². The molecular formula is C13H21NOS. The normalized spacial score (nSPS) is 27.9. The molecule has 0 radical (unpaired) electrons. The van der Waals surface area contributed by atoms with E-state index in [1.165, 1.54) is 18.6 Å². The van der Waals surface area contributed by atoms with E-state index < -0.39 is 0 Å². The summed E-state index contributed by atoms with van der Waals surface area (Å²) in [6.07, 6.45) is 5.40. The molecule has 1 N–H and O–H groups in total. The summed E-state index contributed by atoms with van der Waals surface area (Å²) in [5.41, 5.74) is 0. The molecule has 2 rings (SSSR count). The molecule has 90 valence electrons. The zero-order valence-electron chi connectivity index (χ0n) is 10.1. The van der Waals surface area contributed by atoms with Crippen molar-refractivity contribution in [3.8, 4) is 0 Å². The largest absolute Gasteiger partial charge is 0.469 e. The third-order valence-electron chi connectivity index (χ3n) is 3.19. The third-order valence-corrected chi connectivity index (χ3v) is 4.57. The molecule has 0 aliphatic carbocycles. The smallest absolute Gasteiger partial charge is 0.105 e. The van der Waals surface area contributed by atoms with Gasteiger partial charge >= 0.3 is 0 Å². The van der Waals surface area contributed by atoms with Gasteiger partial charge in [0.25, 0.3) is 0 Å². The van der Waals surface area contributed by atoms with E-state index in [2.05, 4.69) is 37.0 Å². The number of hydrogen-bond donors (Lipinski definition) is 1. The number of hydrogen-bond acceptors (Lipinski definition) is 3. The topological polar surface area (TPSA) is 25.2 Å². The second-order valence-electron chi connectivity index (χ2n) is 4.68. The van der Waals surface area contributed by atoms with Crippen LogP contribution in [0, 0.1) is 0 Å². The first kappa shape index (κ1) is 12.1.